The molecule has 12 nitrogen and oxygen atoms in total. The maximum absolute atomic E-state index is 15.0. The Hall–Kier alpha value is -2.70. The van der Waals surface area contributed by atoms with Crippen LogP contribution in [0.3, 0.4) is 0 Å². The van der Waals surface area contributed by atoms with Crippen molar-refractivity contribution in [2.45, 2.75) is 192 Å². The number of hydrogen-bond donors (Lipinski definition) is 4. The molecule has 13 heteroatoms. The van der Waals surface area contributed by atoms with Crippen LogP contribution in [-0.2, 0) is 29.0 Å². The van der Waals surface area contributed by atoms with Gasteiger partial charge >= 0.3 is 6.03 Å². The van der Waals surface area contributed by atoms with Crippen LogP contribution in [0.5, 0.6) is 0 Å². The fourth-order valence-electron chi connectivity index (χ4n) is 9.16. The van der Waals surface area contributed by atoms with Crippen LogP contribution in [0.1, 0.15) is 157 Å². The highest BCUT2D eigenvalue weighted by atomic mass is 32.2. The van der Waals surface area contributed by atoms with E-state index in [1.54, 1.807) is 25.7 Å². The van der Waals surface area contributed by atoms with Crippen molar-refractivity contribution in [2.75, 3.05) is 12.3 Å². The molecule has 1 aliphatic heterocycles. The van der Waals surface area contributed by atoms with Gasteiger partial charge in [0.1, 0.15) is 12.1 Å². The van der Waals surface area contributed by atoms with Gasteiger partial charge in [-0.15, -0.1) is 0 Å². The van der Waals surface area contributed by atoms with Gasteiger partial charge in [0.15, 0.2) is 9.84 Å². The first kappa shape index (κ1) is 42.4. The number of nitrogens with one attached hydrogen (secondary N) is 4. The van der Waals surface area contributed by atoms with E-state index in [4.69, 9.17) is 0 Å². The van der Waals surface area contributed by atoms with E-state index in [2.05, 4.69) is 35.1 Å². The number of amides is 5. The number of urea groups is 1. The molecule has 1 saturated heterocycles. The van der Waals surface area contributed by atoms with E-state index in [9.17, 15) is 27.6 Å². The van der Waals surface area contributed by atoms with Crippen LogP contribution in [0, 0.1) is 23.2 Å². The highest BCUT2D eigenvalue weighted by Crippen LogP contribution is 2.42. The van der Waals surface area contributed by atoms with Gasteiger partial charge in [-0.1, -0.05) is 72.1 Å². The third kappa shape index (κ3) is 10.8. The number of likely N-dealkylation sites (tertiary alicyclic amines) is 1. The van der Waals surface area contributed by atoms with E-state index in [1.807, 2.05) is 6.92 Å². The zero-order valence-corrected chi connectivity index (χ0v) is 34.7. The number of rotatable bonds is 16. The third-order valence-electron chi connectivity index (χ3n) is 13.0. The molecule has 0 spiro atoms. The predicted molar refractivity (Wildman–Crippen MR) is 209 cm³/mol. The Morgan fingerprint density at radius 3 is 2.00 bits per heavy atom. The molecule has 5 fully saturated rings. The summed E-state index contributed by atoms with van der Waals surface area (Å²) in [6.07, 6.45) is 14.2. The number of Topliss-reactive ketones (excluding diaryl/α,β-unsaturated/α-hetero) is 1. The van der Waals surface area contributed by atoms with E-state index in [0.29, 0.717) is 44.6 Å². The van der Waals surface area contributed by atoms with Crippen molar-refractivity contribution >= 4 is 39.4 Å². The lowest BCUT2D eigenvalue weighted by Crippen LogP contribution is -2.64. The normalized spacial score (nSPS) is 25.4. The lowest BCUT2D eigenvalue weighted by atomic mass is 9.70. The van der Waals surface area contributed by atoms with Gasteiger partial charge in [-0.05, 0) is 108 Å². The van der Waals surface area contributed by atoms with Crippen LogP contribution >= 0.6 is 0 Å². The highest BCUT2D eigenvalue weighted by molar-refractivity contribution is 7.92. The Morgan fingerprint density at radius 1 is 0.833 bits per heavy atom. The monoisotopic (exact) mass is 775 g/mol. The molecular formula is C41H69N5O7S. The zero-order valence-electron chi connectivity index (χ0n) is 33.9. The van der Waals surface area contributed by atoms with E-state index < -0.39 is 67.3 Å². The van der Waals surface area contributed by atoms with Gasteiger partial charge in [0.2, 0.25) is 17.6 Å². The predicted octanol–water partition coefficient (Wildman–Crippen LogP) is 5.33. The van der Waals surface area contributed by atoms with Crippen molar-refractivity contribution in [3.63, 3.8) is 0 Å². The average Bonchev–Trinajstić information content (AvgIpc) is 4.03. The van der Waals surface area contributed by atoms with Crippen LogP contribution in [0.4, 0.5) is 4.79 Å². The van der Waals surface area contributed by atoms with E-state index in [-0.39, 0.29) is 29.5 Å². The van der Waals surface area contributed by atoms with Crippen molar-refractivity contribution in [1.29, 1.82) is 0 Å². The van der Waals surface area contributed by atoms with Gasteiger partial charge in [-0.25, -0.2) is 13.2 Å². The fourth-order valence-corrected chi connectivity index (χ4v) is 10.7. The number of sulfone groups is 1. The molecule has 4 saturated carbocycles. The first-order valence-electron chi connectivity index (χ1n) is 21.1. The third-order valence-corrected chi connectivity index (χ3v) is 15.8. The lowest BCUT2D eigenvalue weighted by molar-refractivity contribution is -0.145. The summed E-state index contributed by atoms with van der Waals surface area (Å²) in [6.45, 7) is 11.6. The van der Waals surface area contributed by atoms with Crippen LogP contribution in [-0.4, -0.2) is 89.6 Å². The van der Waals surface area contributed by atoms with Gasteiger partial charge in [-0.3, -0.25) is 19.2 Å². The van der Waals surface area contributed by atoms with Crippen LogP contribution in [0.2, 0.25) is 0 Å². The number of nitrogens with zero attached hydrogens (tertiary/aromatic N) is 1. The maximum Gasteiger partial charge on any atom is 0.315 e. The van der Waals surface area contributed by atoms with Crippen LogP contribution in [0.15, 0.2) is 0 Å². The summed E-state index contributed by atoms with van der Waals surface area (Å²) in [5.74, 6) is -1.63. The Labute approximate surface area is 324 Å². The molecule has 306 valence electrons. The summed E-state index contributed by atoms with van der Waals surface area (Å²) >= 11 is 0. The molecule has 4 atom stereocenters. The van der Waals surface area contributed by atoms with Gasteiger partial charge in [-0.2, -0.15) is 0 Å². The molecule has 0 bridgehead atoms. The van der Waals surface area contributed by atoms with Gasteiger partial charge < -0.3 is 26.2 Å². The Bertz CT molecular complexity index is 1490. The molecule has 5 rings (SSSR count). The minimum atomic E-state index is -3.57. The average molecular weight is 776 g/mol. The number of hydrogen-bond acceptors (Lipinski definition) is 7. The Balaban J connectivity index is 1.40. The molecule has 0 aromatic rings. The maximum atomic E-state index is 15.0. The number of ketones is 1. The summed E-state index contributed by atoms with van der Waals surface area (Å²) in [5, 5.41) is 11.9. The second-order valence-electron chi connectivity index (χ2n) is 19.3. The molecule has 0 unspecified atom stereocenters. The minimum Gasteiger partial charge on any atom is -0.347 e. The highest BCUT2D eigenvalue weighted by Gasteiger charge is 2.50. The molecule has 5 aliphatic rings. The second-order valence-corrected chi connectivity index (χ2v) is 22.1. The van der Waals surface area contributed by atoms with Crippen molar-refractivity contribution in [3.8, 4) is 0 Å². The molecule has 4 N–H and O–H groups in total. The second kappa shape index (κ2) is 17.2. The topological polar surface area (TPSA) is 171 Å². The van der Waals surface area contributed by atoms with E-state index >= 15 is 4.79 Å². The Morgan fingerprint density at radius 2 is 1.44 bits per heavy atom. The first-order chi connectivity index (χ1) is 25.3. The van der Waals surface area contributed by atoms with Crippen molar-refractivity contribution in [3.05, 3.63) is 0 Å². The summed E-state index contributed by atoms with van der Waals surface area (Å²) in [6, 6.07) is -3.32. The largest absolute Gasteiger partial charge is 0.347 e. The molecule has 5 amide bonds. The van der Waals surface area contributed by atoms with Gasteiger partial charge in [0, 0.05) is 12.6 Å². The molecule has 0 radical (unpaired) electrons. The lowest BCUT2D eigenvalue weighted by Gasteiger charge is -2.44. The smallest absolute Gasteiger partial charge is 0.315 e. The number of carbonyl (C=O) groups excluding carboxylic acids is 5. The van der Waals surface area contributed by atoms with Crippen molar-refractivity contribution in [2.24, 2.45) is 23.2 Å². The van der Waals surface area contributed by atoms with E-state index in [0.717, 1.165) is 83.5 Å². The Kier molecular flexibility index (Phi) is 13.5. The first-order valence-corrected chi connectivity index (χ1v) is 22.7. The summed E-state index contributed by atoms with van der Waals surface area (Å²) in [4.78, 5) is 71.6. The quantitative estimate of drug-likeness (QED) is 0.154. The molecule has 0 aromatic heterocycles. The van der Waals surface area contributed by atoms with Crippen LogP contribution in [0.25, 0.3) is 0 Å². The summed E-state index contributed by atoms with van der Waals surface area (Å²) in [7, 11) is -3.57. The van der Waals surface area contributed by atoms with Crippen molar-refractivity contribution < 1.29 is 32.4 Å². The van der Waals surface area contributed by atoms with Crippen molar-refractivity contribution in [1.82, 2.24) is 26.2 Å². The van der Waals surface area contributed by atoms with Gasteiger partial charge in [0.25, 0.3) is 5.91 Å². The standard InChI is InChI=1S/C41H69N5O7S/c1-27(2)25-29-19-24-46(32(29)35(48)43-31(18-15-28-13-14-28)33(47)36(49)42-30-16-17-30)37(50)34(40(6)20-9-7-10-21-40)44-38(51)45-41(22-11-8-12-23-41)26-54(52,53)39(3,4)5/h27-32,34H,7-26H2,1-6H3,(H,42,49)(H,43,48)(H2,44,45,51)/t29-,31+,32+,34-/m1/s1. The fraction of sp³-hybridized carbons (Fsp3) is 0.878. The summed E-state index contributed by atoms with van der Waals surface area (Å²) < 4.78 is 26.0. The SMILES string of the molecule is CC(C)C[C@H]1CCN(C(=O)[C@@H](NC(=O)NC2(CS(=O)(=O)C(C)(C)C)CCCCC2)C2(C)CCCCC2)[C@@H]1C(=O)N[C@@H](CCC1CC1)C(=O)C(=O)NC1CC1. The zero-order chi connectivity index (χ0) is 39.5. The minimum absolute atomic E-state index is 0.0123. The molecule has 4 aliphatic carbocycles. The molecule has 54 heavy (non-hydrogen) atoms. The molecule has 1 heterocycles. The van der Waals surface area contributed by atoms with E-state index in [1.165, 1.54) is 0 Å². The van der Waals surface area contributed by atoms with Gasteiger partial charge in [0.05, 0.1) is 22.1 Å². The summed E-state index contributed by atoms with van der Waals surface area (Å²) in [5.41, 5.74) is -1.52. The number of carbonyl (C=O) groups is 5. The molecule has 0 aromatic carbocycles. The molecular weight excluding hydrogens is 707 g/mol. The van der Waals surface area contributed by atoms with Crippen LogP contribution < -0.4 is 21.3 Å².